The Kier molecular flexibility index (Phi) is 6.98. The number of pyridine rings is 1. The van der Waals surface area contributed by atoms with Crippen molar-refractivity contribution in [2.45, 2.75) is 43.0 Å². The molecule has 0 saturated heterocycles. The zero-order valence-electron chi connectivity index (χ0n) is 16.1. The van der Waals surface area contributed by atoms with E-state index in [0.717, 1.165) is 31.1 Å². The molecule has 28 heavy (non-hydrogen) atoms. The minimum atomic E-state index is -3.87. The van der Waals surface area contributed by atoms with Crippen LogP contribution in [0.25, 0.3) is 10.8 Å². The van der Waals surface area contributed by atoms with Crippen LogP contribution in [-0.2, 0) is 19.6 Å². The molecule has 1 amide bonds. The fourth-order valence-corrected chi connectivity index (χ4v) is 5.21. The highest BCUT2D eigenvalue weighted by molar-refractivity contribution is 7.89. The number of nitrogens with zero attached hydrogens (tertiary/aromatic N) is 2. The monoisotopic (exact) mass is 405 g/mol. The Labute approximate surface area is 166 Å². The standard InChI is InChI=1S/C20H27N3O4S/c1-27-13-12-23(15-20(24)22-17-7-3-2-4-8-17)28(25,26)19-9-5-6-16-14-21-11-10-18(16)19/h5-6,9-11,14,17H,2-4,7-8,12-13,15H2,1H3,(H,22,24). The quantitative estimate of drug-likeness (QED) is 0.728. The summed E-state index contributed by atoms with van der Waals surface area (Å²) in [6.45, 7) is 0.102. The molecular weight excluding hydrogens is 378 g/mol. The van der Waals surface area contributed by atoms with Crippen molar-refractivity contribution in [3.63, 3.8) is 0 Å². The third-order valence-corrected chi connectivity index (χ3v) is 7.00. The summed E-state index contributed by atoms with van der Waals surface area (Å²) in [5.41, 5.74) is 0. The lowest BCUT2D eigenvalue weighted by Crippen LogP contribution is -2.45. The van der Waals surface area contributed by atoms with Crippen LogP contribution in [0.5, 0.6) is 0 Å². The molecule has 1 aromatic carbocycles. The third-order valence-electron chi connectivity index (χ3n) is 5.09. The first-order chi connectivity index (χ1) is 13.5. The number of sulfonamides is 1. The minimum Gasteiger partial charge on any atom is -0.383 e. The second-order valence-electron chi connectivity index (χ2n) is 7.09. The first-order valence-corrected chi connectivity index (χ1v) is 11.1. The summed E-state index contributed by atoms with van der Waals surface area (Å²) in [6, 6.07) is 6.89. The van der Waals surface area contributed by atoms with E-state index in [4.69, 9.17) is 4.74 Å². The number of aromatic nitrogens is 1. The van der Waals surface area contributed by atoms with Crippen LogP contribution in [0.15, 0.2) is 41.6 Å². The number of nitrogens with one attached hydrogen (secondary N) is 1. The van der Waals surface area contributed by atoms with E-state index < -0.39 is 10.0 Å². The van der Waals surface area contributed by atoms with E-state index in [0.29, 0.717) is 5.39 Å². The summed E-state index contributed by atoms with van der Waals surface area (Å²) in [5.74, 6) is -0.270. The lowest BCUT2D eigenvalue weighted by Gasteiger charge is -2.26. The minimum absolute atomic E-state index is 0.110. The summed E-state index contributed by atoms with van der Waals surface area (Å²) in [7, 11) is -2.36. The molecule has 1 N–H and O–H groups in total. The SMILES string of the molecule is COCCN(CC(=O)NC1CCCCC1)S(=O)(=O)c1cccc2cnccc12. The van der Waals surface area contributed by atoms with Crippen LogP contribution in [0, 0.1) is 0 Å². The van der Waals surface area contributed by atoms with Crippen molar-refractivity contribution >= 4 is 26.7 Å². The Morgan fingerprint density at radius 2 is 2.04 bits per heavy atom. The van der Waals surface area contributed by atoms with E-state index in [1.165, 1.54) is 17.8 Å². The van der Waals surface area contributed by atoms with Crippen molar-refractivity contribution in [1.82, 2.24) is 14.6 Å². The molecule has 0 atom stereocenters. The van der Waals surface area contributed by atoms with Gasteiger partial charge in [-0.3, -0.25) is 9.78 Å². The first kappa shape index (κ1) is 20.7. The second-order valence-corrected chi connectivity index (χ2v) is 8.99. The largest absolute Gasteiger partial charge is 0.383 e. The predicted octanol–water partition coefficient (Wildman–Crippen LogP) is 2.32. The lowest BCUT2D eigenvalue weighted by molar-refractivity contribution is -0.122. The molecule has 1 heterocycles. The van der Waals surface area contributed by atoms with Crippen LogP contribution in [0.2, 0.25) is 0 Å². The number of fused-ring (bicyclic) bond motifs is 1. The second kappa shape index (κ2) is 9.45. The zero-order chi connectivity index (χ0) is 20.0. The number of benzene rings is 1. The maximum Gasteiger partial charge on any atom is 0.244 e. The summed E-state index contributed by atoms with van der Waals surface area (Å²) in [6.07, 6.45) is 8.48. The van der Waals surface area contributed by atoms with Crippen molar-refractivity contribution in [3.05, 3.63) is 36.7 Å². The number of carbonyl (C=O) groups excluding carboxylic acids is 1. The van der Waals surface area contributed by atoms with E-state index in [9.17, 15) is 13.2 Å². The van der Waals surface area contributed by atoms with Crippen LogP contribution in [0.3, 0.4) is 0 Å². The third kappa shape index (κ3) is 4.87. The Balaban J connectivity index is 1.83. The van der Waals surface area contributed by atoms with Gasteiger partial charge in [-0.15, -0.1) is 0 Å². The fourth-order valence-electron chi connectivity index (χ4n) is 3.61. The van der Waals surface area contributed by atoms with Crippen LogP contribution in [0.4, 0.5) is 0 Å². The Bertz CT molecular complexity index is 905. The van der Waals surface area contributed by atoms with Gasteiger partial charge in [0.2, 0.25) is 15.9 Å². The van der Waals surface area contributed by atoms with Gasteiger partial charge in [-0.05, 0) is 25.0 Å². The van der Waals surface area contributed by atoms with Gasteiger partial charge in [0.25, 0.3) is 0 Å². The van der Waals surface area contributed by atoms with Crippen molar-refractivity contribution < 1.29 is 17.9 Å². The molecule has 152 valence electrons. The average Bonchev–Trinajstić information content (AvgIpc) is 2.71. The molecule has 0 spiro atoms. The molecule has 0 radical (unpaired) electrons. The number of hydrogen-bond acceptors (Lipinski definition) is 5. The van der Waals surface area contributed by atoms with Gasteiger partial charge in [0.05, 0.1) is 18.0 Å². The molecule has 0 bridgehead atoms. The maximum absolute atomic E-state index is 13.3. The van der Waals surface area contributed by atoms with Crippen molar-refractivity contribution in [3.8, 4) is 0 Å². The van der Waals surface area contributed by atoms with Gasteiger partial charge in [-0.1, -0.05) is 31.4 Å². The summed E-state index contributed by atoms with van der Waals surface area (Å²) >= 11 is 0. The fraction of sp³-hybridized carbons (Fsp3) is 0.500. The van der Waals surface area contributed by atoms with Gasteiger partial charge < -0.3 is 10.1 Å². The molecule has 0 aliphatic heterocycles. The van der Waals surface area contributed by atoms with Crippen molar-refractivity contribution in [2.24, 2.45) is 0 Å². The predicted molar refractivity (Wildman–Crippen MR) is 107 cm³/mol. The Hall–Kier alpha value is -2.03. The van der Waals surface area contributed by atoms with Gasteiger partial charge in [0.1, 0.15) is 0 Å². The highest BCUT2D eigenvalue weighted by atomic mass is 32.2. The molecule has 0 unspecified atom stereocenters. The van der Waals surface area contributed by atoms with Gasteiger partial charge in [0.15, 0.2) is 0 Å². The Morgan fingerprint density at radius 3 is 2.79 bits per heavy atom. The number of rotatable bonds is 8. The van der Waals surface area contributed by atoms with Crippen LogP contribution in [0.1, 0.15) is 32.1 Å². The lowest BCUT2D eigenvalue weighted by atomic mass is 9.95. The summed E-state index contributed by atoms with van der Waals surface area (Å²) in [4.78, 5) is 16.8. The highest BCUT2D eigenvalue weighted by Crippen LogP contribution is 2.25. The molecular formula is C20H27N3O4S. The molecule has 7 nitrogen and oxygen atoms in total. The number of ether oxygens (including phenoxy) is 1. The smallest absolute Gasteiger partial charge is 0.244 e. The van der Waals surface area contributed by atoms with Gasteiger partial charge in [-0.25, -0.2) is 8.42 Å². The van der Waals surface area contributed by atoms with Gasteiger partial charge in [-0.2, -0.15) is 4.31 Å². The van der Waals surface area contributed by atoms with E-state index in [1.807, 2.05) is 6.07 Å². The first-order valence-electron chi connectivity index (χ1n) is 9.63. The number of amides is 1. The van der Waals surface area contributed by atoms with Gasteiger partial charge >= 0.3 is 0 Å². The van der Waals surface area contributed by atoms with E-state index >= 15 is 0 Å². The topological polar surface area (TPSA) is 88.6 Å². The normalized spacial score (nSPS) is 15.8. The van der Waals surface area contributed by atoms with Crippen LogP contribution >= 0.6 is 0 Å². The molecule has 2 aromatic rings. The zero-order valence-corrected chi connectivity index (χ0v) is 17.0. The van der Waals surface area contributed by atoms with E-state index in [1.54, 1.807) is 30.6 Å². The number of methoxy groups -OCH3 is 1. The molecule has 1 aliphatic carbocycles. The molecule has 1 saturated carbocycles. The van der Waals surface area contributed by atoms with Crippen LogP contribution < -0.4 is 5.32 Å². The molecule has 1 aliphatic rings. The molecule has 3 rings (SSSR count). The molecule has 1 aromatic heterocycles. The number of hydrogen-bond donors (Lipinski definition) is 1. The maximum atomic E-state index is 13.3. The van der Waals surface area contributed by atoms with Crippen LogP contribution in [-0.4, -0.2) is 56.5 Å². The van der Waals surface area contributed by atoms with E-state index in [2.05, 4.69) is 10.3 Å². The highest BCUT2D eigenvalue weighted by Gasteiger charge is 2.28. The van der Waals surface area contributed by atoms with E-state index in [-0.39, 0.29) is 36.5 Å². The number of carbonyl (C=O) groups is 1. The average molecular weight is 406 g/mol. The van der Waals surface area contributed by atoms with Crippen molar-refractivity contribution in [2.75, 3.05) is 26.8 Å². The van der Waals surface area contributed by atoms with Gasteiger partial charge in [0, 0.05) is 42.9 Å². The Morgan fingerprint density at radius 1 is 1.25 bits per heavy atom. The summed E-state index contributed by atoms with van der Waals surface area (Å²) < 4.78 is 33.0. The van der Waals surface area contributed by atoms with Crippen molar-refractivity contribution in [1.29, 1.82) is 0 Å². The summed E-state index contributed by atoms with van der Waals surface area (Å²) in [5, 5.41) is 4.32. The molecule has 1 fully saturated rings. The molecule has 8 heteroatoms.